The zero-order valence-corrected chi connectivity index (χ0v) is 31.4. The highest BCUT2D eigenvalue weighted by molar-refractivity contribution is 5.91. The highest BCUT2D eigenvalue weighted by Gasteiger charge is 2.33. The minimum atomic E-state index is -0.454. The molecule has 0 aliphatic carbocycles. The molecule has 14 heteroatoms. The number of anilines is 1. The number of benzene rings is 2. The zero-order chi connectivity index (χ0) is 37.6. The van der Waals surface area contributed by atoms with Crippen LogP contribution in [0.5, 0.6) is 0 Å². The Labute approximate surface area is 317 Å². The van der Waals surface area contributed by atoms with Gasteiger partial charge in [0.2, 0.25) is 11.8 Å². The number of aryl methyl sites for hydroxylation is 1. The third-order valence-corrected chi connectivity index (χ3v) is 11.3. The van der Waals surface area contributed by atoms with Gasteiger partial charge in [0.25, 0.3) is 0 Å². The van der Waals surface area contributed by atoms with Crippen molar-refractivity contribution in [3.05, 3.63) is 63.6 Å². The summed E-state index contributed by atoms with van der Waals surface area (Å²) in [6, 6.07) is 12.4. The van der Waals surface area contributed by atoms with Gasteiger partial charge in [0.15, 0.2) is 5.58 Å². The highest BCUT2D eigenvalue weighted by Crippen LogP contribution is 2.26. The van der Waals surface area contributed by atoms with E-state index in [1.54, 1.807) is 11.8 Å². The lowest BCUT2D eigenvalue weighted by Gasteiger charge is -2.43. The second-order valence-electron chi connectivity index (χ2n) is 14.7. The molecule has 4 aliphatic rings. The maximum Gasteiger partial charge on any atom is 0.417 e. The van der Waals surface area contributed by atoms with Gasteiger partial charge in [-0.1, -0.05) is 38.6 Å². The van der Waals surface area contributed by atoms with Crippen molar-refractivity contribution in [3.8, 4) is 0 Å². The van der Waals surface area contributed by atoms with Crippen LogP contribution in [-0.4, -0.2) is 132 Å². The van der Waals surface area contributed by atoms with E-state index in [4.69, 9.17) is 9.15 Å². The van der Waals surface area contributed by atoms with Gasteiger partial charge < -0.3 is 34.1 Å². The summed E-state index contributed by atoms with van der Waals surface area (Å²) < 4.78 is 9.95. The molecule has 1 aromatic heterocycles. The Hall–Kier alpha value is -4.85. The minimum absolute atomic E-state index is 0. The number of piperazine rings is 1. The Bertz CT molecular complexity index is 1830. The van der Waals surface area contributed by atoms with E-state index in [1.165, 1.54) is 12.7 Å². The summed E-state index contributed by atoms with van der Waals surface area (Å²) in [7, 11) is 1.40. The number of methoxy groups -OCH3 is 1. The Morgan fingerprint density at radius 1 is 0.870 bits per heavy atom. The van der Waals surface area contributed by atoms with Crippen LogP contribution in [0.2, 0.25) is 0 Å². The maximum atomic E-state index is 13.0. The van der Waals surface area contributed by atoms with Crippen molar-refractivity contribution >= 4 is 40.7 Å². The molecule has 0 unspecified atom stereocenters. The van der Waals surface area contributed by atoms with Crippen LogP contribution < -0.4 is 11.1 Å². The quantitative estimate of drug-likeness (QED) is 0.381. The fourth-order valence-electron chi connectivity index (χ4n) is 8.25. The second kappa shape index (κ2) is 18.0. The van der Waals surface area contributed by atoms with Gasteiger partial charge in [-0.25, -0.2) is 14.4 Å². The van der Waals surface area contributed by atoms with Gasteiger partial charge in [0.1, 0.15) is 0 Å². The topological polar surface area (TPSA) is 152 Å². The van der Waals surface area contributed by atoms with Crippen molar-refractivity contribution in [1.82, 2.24) is 29.5 Å². The average Bonchev–Trinajstić information content (AvgIpc) is 3.47. The number of oxazole rings is 1. The second-order valence-corrected chi connectivity index (χ2v) is 14.7. The number of urea groups is 1. The van der Waals surface area contributed by atoms with E-state index < -0.39 is 5.76 Å². The smallest absolute Gasteiger partial charge is 0.417 e. The predicted molar refractivity (Wildman–Crippen MR) is 207 cm³/mol. The van der Waals surface area contributed by atoms with Crippen LogP contribution in [0.4, 0.5) is 15.3 Å². The first-order chi connectivity index (χ1) is 25.5. The molecular formula is C40H57N7O7. The first-order valence-electron chi connectivity index (χ1n) is 18.9. The molecule has 14 nitrogen and oxygen atoms in total. The number of hydrogen-bond donors (Lipinski definition) is 2. The van der Waals surface area contributed by atoms with Gasteiger partial charge in [-0.05, 0) is 74.3 Å². The van der Waals surface area contributed by atoms with Crippen LogP contribution in [0.3, 0.4) is 0 Å². The number of carbonyl (C=O) groups excluding carboxylic acids is 4. The van der Waals surface area contributed by atoms with Crippen molar-refractivity contribution < 1.29 is 28.3 Å². The van der Waals surface area contributed by atoms with Crippen LogP contribution in [0.15, 0.2) is 45.6 Å². The molecule has 5 amide bonds. The van der Waals surface area contributed by atoms with Gasteiger partial charge in [0, 0.05) is 89.5 Å². The number of amides is 5. The fourth-order valence-corrected chi connectivity index (χ4v) is 8.25. The van der Waals surface area contributed by atoms with Crippen molar-refractivity contribution in [2.75, 3.05) is 71.3 Å². The number of fused-ring (bicyclic) bond motifs is 2. The normalized spacial score (nSPS) is 19.1. The molecule has 1 atom stereocenters. The molecule has 3 aromatic rings. The minimum Gasteiger partial charge on any atom is -0.453 e. The van der Waals surface area contributed by atoms with Crippen LogP contribution in [0, 0.1) is 12.8 Å². The van der Waals surface area contributed by atoms with Gasteiger partial charge >= 0.3 is 17.9 Å². The molecule has 4 aliphatic heterocycles. The number of piperidine rings is 2. The standard InChI is InChI=1S/C23H32N4O4.C16H21N3O3.CH4/c1-15-12-18(14-20-21(15)24-23(30)31-20)13-16(2)22(29)27-6-4-19(5-7-27)26-10-8-25(9-11-26)17(3)28;1-22-16(21)18-9-7-13(8-10-18)19-11-6-12-4-2-3-5-14(12)17-15(19)20;/h12,14,16,19H,4-11,13H2,1-3H3,(H,24,30);2-5,13H,6-11H2,1H3,(H,17,20);1H4/t16-;;/m1../s1. The fraction of sp³-hybridized carbons (Fsp3) is 0.575. The number of rotatable bonds is 5. The van der Waals surface area contributed by atoms with Crippen LogP contribution >= 0.6 is 0 Å². The van der Waals surface area contributed by atoms with Gasteiger partial charge in [0.05, 0.1) is 12.6 Å². The number of para-hydroxylation sites is 1. The molecule has 0 saturated carbocycles. The molecule has 3 saturated heterocycles. The van der Waals surface area contributed by atoms with E-state index in [1.807, 2.05) is 58.9 Å². The summed E-state index contributed by atoms with van der Waals surface area (Å²) in [6.45, 7) is 12.5. The average molecular weight is 748 g/mol. The Balaban J connectivity index is 0.000000215. The first-order valence-corrected chi connectivity index (χ1v) is 18.9. The first kappa shape index (κ1) is 40.3. The molecule has 2 N–H and O–H groups in total. The molecule has 0 bridgehead atoms. The lowest BCUT2D eigenvalue weighted by Crippen LogP contribution is -2.54. The summed E-state index contributed by atoms with van der Waals surface area (Å²) in [5.41, 5.74) is 5.30. The number of ether oxygens (including phenoxy) is 1. The monoisotopic (exact) mass is 747 g/mol. The third-order valence-electron chi connectivity index (χ3n) is 11.3. The molecule has 7 rings (SSSR count). The Morgan fingerprint density at radius 2 is 1.52 bits per heavy atom. The molecule has 5 heterocycles. The van der Waals surface area contributed by atoms with Crippen LogP contribution in [-0.2, 0) is 27.2 Å². The Kier molecular flexibility index (Phi) is 13.4. The van der Waals surface area contributed by atoms with Crippen molar-refractivity contribution in [1.29, 1.82) is 0 Å². The highest BCUT2D eigenvalue weighted by atomic mass is 16.5. The summed E-state index contributed by atoms with van der Waals surface area (Å²) in [5, 5.41) is 3.00. The van der Waals surface area contributed by atoms with E-state index in [0.29, 0.717) is 37.7 Å². The Morgan fingerprint density at radius 3 is 2.19 bits per heavy atom. The summed E-state index contributed by atoms with van der Waals surface area (Å²) in [4.78, 5) is 72.7. The van der Waals surface area contributed by atoms with Gasteiger partial charge in [-0.15, -0.1) is 0 Å². The lowest BCUT2D eigenvalue weighted by molar-refractivity contribution is -0.137. The van der Waals surface area contributed by atoms with Crippen molar-refractivity contribution in [2.24, 2.45) is 5.92 Å². The zero-order valence-electron chi connectivity index (χ0n) is 31.4. The van der Waals surface area contributed by atoms with E-state index in [-0.39, 0.29) is 43.3 Å². The summed E-state index contributed by atoms with van der Waals surface area (Å²) in [5.74, 6) is -0.238. The van der Waals surface area contributed by atoms with Gasteiger partial charge in [-0.3, -0.25) is 19.5 Å². The third kappa shape index (κ3) is 9.44. The van der Waals surface area contributed by atoms with Gasteiger partial charge in [-0.2, -0.15) is 0 Å². The number of H-pyrrole nitrogens is 1. The SMILES string of the molecule is C.CC(=O)N1CCN(C2CCN(C(=O)[C@H](C)Cc3cc(C)c4[nH]c(=O)oc4c3)CC2)CC1.COC(=O)N1CCC(N2CCc3ccccc3NC2=O)CC1. The van der Waals surface area contributed by atoms with E-state index in [2.05, 4.69) is 21.3 Å². The van der Waals surface area contributed by atoms with Crippen LogP contribution in [0.1, 0.15) is 63.6 Å². The molecule has 0 spiro atoms. The molecule has 294 valence electrons. The summed E-state index contributed by atoms with van der Waals surface area (Å²) in [6.07, 6.45) is 4.74. The molecule has 0 radical (unpaired) electrons. The summed E-state index contributed by atoms with van der Waals surface area (Å²) >= 11 is 0. The molecule has 54 heavy (non-hydrogen) atoms. The lowest BCUT2D eigenvalue weighted by atomic mass is 9.96. The predicted octanol–water partition coefficient (Wildman–Crippen LogP) is 4.71. The van der Waals surface area contributed by atoms with Crippen molar-refractivity contribution in [2.45, 2.75) is 78.8 Å². The number of nitrogens with one attached hydrogen (secondary N) is 2. The molecular weight excluding hydrogens is 690 g/mol. The van der Waals surface area contributed by atoms with E-state index in [9.17, 15) is 24.0 Å². The number of aromatic nitrogens is 1. The van der Waals surface area contributed by atoms with Crippen molar-refractivity contribution in [3.63, 3.8) is 0 Å². The van der Waals surface area contributed by atoms with E-state index in [0.717, 1.165) is 93.7 Å². The largest absolute Gasteiger partial charge is 0.453 e. The number of likely N-dealkylation sites (tertiary alicyclic amines) is 2. The molecule has 2 aromatic carbocycles. The number of aromatic amines is 1. The number of nitrogens with zero attached hydrogens (tertiary/aromatic N) is 5. The number of carbonyl (C=O) groups is 4. The number of hydrogen-bond acceptors (Lipinski definition) is 8. The maximum absolute atomic E-state index is 13.0. The molecule has 3 fully saturated rings. The van der Waals surface area contributed by atoms with E-state index >= 15 is 0 Å². The van der Waals surface area contributed by atoms with Crippen LogP contribution in [0.25, 0.3) is 11.1 Å².